The van der Waals surface area contributed by atoms with Crippen molar-refractivity contribution in [2.75, 3.05) is 26.9 Å². The van der Waals surface area contributed by atoms with Crippen molar-refractivity contribution in [2.45, 2.75) is 39.5 Å². The van der Waals surface area contributed by atoms with Gasteiger partial charge in [0, 0.05) is 0 Å². The molecule has 140 valence electrons. The SMILES string of the molecule is CCOC(=O)C(CCCCCOc1ccc(OC)cc1)C(=O)OCC. The fraction of sp³-hybridized carbons (Fsp3) is 0.579. The van der Waals surface area contributed by atoms with Gasteiger partial charge in [-0.05, 0) is 51.0 Å². The zero-order valence-electron chi connectivity index (χ0n) is 15.3. The van der Waals surface area contributed by atoms with E-state index in [1.54, 1.807) is 21.0 Å². The van der Waals surface area contributed by atoms with Crippen LogP contribution in [0.2, 0.25) is 0 Å². The number of benzene rings is 1. The average Bonchev–Trinajstić information content (AvgIpc) is 2.61. The highest BCUT2D eigenvalue weighted by atomic mass is 16.6. The predicted molar refractivity (Wildman–Crippen MR) is 93.7 cm³/mol. The molecule has 0 aliphatic carbocycles. The first kappa shape index (κ1) is 20.8. The van der Waals surface area contributed by atoms with E-state index in [-0.39, 0.29) is 13.2 Å². The van der Waals surface area contributed by atoms with Crippen molar-refractivity contribution in [3.05, 3.63) is 24.3 Å². The Hall–Kier alpha value is -2.24. The fourth-order valence-corrected chi connectivity index (χ4v) is 2.31. The molecule has 0 fully saturated rings. The molecule has 0 spiro atoms. The van der Waals surface area contributed by atoms with E-state index in [1.165, 1.54) is 0 Å². The van der Waals surface area contributed by atoms with E-state index in [4.69, 9.17) is 18.9 Å². The molecule has 0 heterocycles. The third-order valence-electron chi connectivity index (χ3n) is 3.61. The standard InChI is InChI=1S/C19H28O6/c1-4-23-18(20)17(19(21)24-5-2)9-7-6-8-14-25-16-12-10-15(22-3)11-13-16/h10-13,17H,4-9,14H2,1-3H3. The van der Waals surface area contributed by atoms with Crippen LogP contribution in [0.3, 0.4) is 0 Å². The Morgan fingerprint density at radius 2 is 1.44 bits per heavy atom. The number of carbonyl (C=O) groups excluding carboxylic acids is 2. The van der Waals surface area contributed by atoms with Gasteiger partial charge in [0.25, 0.3) is 0 Å². The molecule has 0 radical (unpaired) electrons. The molecule has 25 heavy (non-hydrogen) atoms. The molecule has 0 bridgehead atoms. The van der Waals surface area contributed by atoms with Crippen LogP contribution in [0.1, 0.15) is 39.5 Å². The Kier molecular flexibility index (Phi) is 10.1. The third-order valence-corrected chi connectivity index (χ3v) is 3.61. The Bertz CT molecular complexity index is 493. The summed E-state index contributed by atoms with van der Waals surface area (Å²) in [5, 5.41) is 0. The molecule has 0 amide bonds. The minimum atomic E-state index is -0.831. The summed E-state index contributed by atoms with van der Waals surface area (Å²) in [6.45, 7) is 4.53. The number of unbranched alkanes of at least 4 members (excludes halogenated alkanes) is 2. The zero-order valence-corrected chi connectivity index (χ0v) is 15.3. The van der Waals surface area contributed by atoms with Crippen LogP contribution in [0.15, 0.2) is 24.3 Å². The molecule has 0 saturated heterocycles. The maximum Gasteiger partial charge on any atom is 0.320 e. The highest BCUT2D eigenvalue weighted by molar-refractivity contribution is 5.94. The van der Waals surface area contributed by atoms with Crippen molar-refractivity contribution in [3.8, 4) is 11.5 Å². The zero-order chi connectivity index (χ0) is 18.5. The molecule has 6 nitrogen and oxygen atoms in total. The van der Waals surface area contributed by atoms with E-state index in [0.717, 1.165) is 30.8 Å². The van der Waals surface area contributed by atoms with E-state index in [2.05, 4.69) is 0 Å². The lowest BCUT2D eigenvalue weighted by Gasteiger charge is -2.14. The summed E-state index contributed by atoms with van der Waals surface area (Å²) in [5.41, 5.74) is 0. The van der Waals surface area contributed by atoms with Gasteiger partial charge in [0.15, 0.2) is 5.92 Å². The fourth-order valence-electron chi connectivity index (χ4n) is 2.31. The molecular weight excluding hydrogens is 324 g/mol. The summed E-state index contributed by atoms with van der Waals surface area (Å²) in [6.07, 6.45) is 2.85. The van der Waals surface area contributed by atoms with Crippen LogP contribution in [0, 0.1) is 5.92 Å². The monoisotopic (exact) mass is 352 g/mol. The lowest BCUT2D eigenvalue weighted by atomic mass is 10.0. The minimum absolute atomic E-state index is 0.254. The molecule has 0 N–H and O–H groups in total. The number of hydrogen-bond acceptors (Lipinski definition) is 6. The number of rotatable bonds is 12. The second-order valence-corrected chi connectivity index (χ2v) is 5.43. The van der Waals surface area contributed by atoms with Crippen LogP contribution in [-0.4, -0.2) is 38.9 Å². The van der Waals surface area contributed by atoms with E-state index in [0.29, 0.717) is 13.0 Å². The Labute approximate surface area is 149 Å². The Balaban J connectivity index is 2.28. The molecule has 0 aliphatic heterocycles. The number of carbonyl (C=O) groups is 2. The quantitative estimate of drug-likeness (QED) is 0.326. The van der Waals surface area contributed by atoms with Gasteiger partial charge in [-0.1, -0.05) is 12.8 Å². The third kappa shape index (κ3) is 7.92. The molecule has 6 heteroatoms. The number of methoxy groups -OCH3 is 1. The second-order valence-electron chi connectivity index (χ2n) is 5.43. The number of hydrogen-bond donors (Lipinski definition) is 0. The predicted octanol–water partition coefficient (Wildman–Crippen LogP) is 3.38. The van der Waals surface area contributed by atoms with Crippen LogP contribution in [0.25, 0.3) is 0 Å². The van der Waals surface area contributed by atoms with Crippen LogP contribution in [-0.2, 0) is 19.1 Å². The van der Waals surface area contributed by atoms with Gasteiger partial charge in [-0.2, -0.15) is 0 Å². The summed E-state index contributed by atoms with van der Waals surface area (Å²) in [5.74, 6) is -0.263. The van der Waals surface area contributed by atoms with Gasteiger partial charge in [0.2, 0.25) is 0 Å². The molecule has 0 atom stereocenters. The highest BCUT2D eigenvalue weighted by Gasteiger charge is 2.28. The first-order valence-corrected chi connectivity index (χ1v) is 8.72. The van der Waals surface area contributed by atoms with E-state index in [1.807, 2.05) is 24.3 Å². The summed E-state index contributed by atoms with van der Waals surface area (Å²) in [6, 6.07) is 7.41. The van der Waals surface area contributed by atoms with Gasteiger partial charge in [-0.25, -0.2) is 0 Å². The molecule has 0 aliphatic rings. The summed E-state index contributed by atoms with van der Waals surface area (Å²) >= 11 is 0. The Morgan fingerprint density at radius 3 is 1.96 bits per heavy atom. The van der Waals surface area contributed by atoms with E-state index < -0.39 is 17.9 Å². The smallest absolute Gasteiger partial charge is 0.320 e. The number of ether oxygens (including phenoxy) is 4. The molecule has 0 aromatic heterocycles. The first-order chi connectivity index (χ1) is 12.1. The van der Waals surface area contributed by atoms with Gasteiger partial charge in [-0.3, -0.25) is 9.59 Å². The van der Waals surface area contributed by atoms with Crippen LogP contribution in [0.4, 0.5) is 0 Å². The van der Waals surface area contributed by atoms with Crippen molar-refractivity contribution in [3.63, 3.8) is 0 Å². The lowest BCUT2D eigenvalue weighted by Crippen LogP contribution is -2.28. The molecule has 0 unspecified atom stereocenters. The molecule has 1 aromatic carbocycles. The van der Waals surface area contributed by atoms with Gasteiger partial charge >= 0.3 is 11.9 Å². The Morgan fingerprint density at radius 1 is 0.880 bits per heavy atom. The molecular formula is C19H28O6. The van der Waals surface area contributed by atoms with E-state index >= 15 is 0 Å². The normalized spacial score (nSPS) is 10.4. The summed E-state index contributed by atoms with van der Waals surface area (Å²) in [4.78, 5) is 23.7. The maximum absolute atomic E-state index is 11.9. The van der Waals surface area contributed by atoms with Crippen molar-refractivity contribution in [1.29, 1.82) is 0 Å². The van der Waals surface area contributed by atoms with Crippen LogP contribution in [0.5, 0.6) is 11.5 Å². The maximum atomic E-state index is 11.9. The van der Waals surface area contributed by atoms with Gasteiger partial charge in [0.1, 0.15) is 11.5 Å². The van der Waals surface area contributed by atoms with Crippen molar-refractivity contribution in [1.82, 2.24) is 0 Å². The lowest BCUT2D eigenvalue weighted by molar-refractivity contribution is -0.161. The van der Waals surface area contributed by atoms with Gasteiger partial charge < -0.3 is 18.9 Å². The van der Waals surface area contributed by atoms with Crippen molar-refractivity contribution < 1.29 is 28.5 Å². The minimum Gasteiger partial charge on any atom is -0.497 e. The topological polar surface area (TPSA) is 71.1 Å². The summed E-state index contributed by atoms with van der Waals surface area (Å²) < 4.78 is 20.6. The molecule has 1 rings (SSSR count). The molecule has 0 saturated carbocycles. The molecule has 1 aromatic rings. The number of esters is 2. The van der Waals surface area contributed by atoms with Gasteiger partial charge in [-0.15, -0.1) is 0 Å². The largest absolute Gasteiger partial charge is 0.497 e. The first-order valence-electron chi connectivity index (χ1n) is 8.72. The van der Waals surface area contributed by atoms with Crippen LogP contribution >= 0.6 is 0 Å². The summed E-state index contributed by atoms with van der Waals surface area (Å²) in [7, 11) is 1.62. The average molecular weight is 352 g/mol. The second kappa shape index (κ2) is 12.2. The van der Waals surface area contributed by atoms with Crippen molar-refractivity contribution in [2.24, 2.45) is 5.92 Å². The van der Waals surface area contributed by atoms with Crippen molar-refractivity contribution >= 4 is 11.9 Å². The van der Waals surface area contributed by atoms with Gasteiger partial charge in [0.05, 0.1) is 26.9 Å². The highest BCUT2D eigenvalue weighted by Crippen LogP contribution is 2.18. The van der Waals surface area contributed by atoms with E-state index in [9.17, 15) is 9.59 Å². The van der Waals surface area contributed by atoms with Crippen LogP contribution < -0.4 is 9.47 Å².